The lowest BCUT2D eigenvalue weighted by atomic mass is 10.3. The first-order chi connectivity index (χ1) is 10.8. The quantitative estimate of drug-likeness (QED) is 0.726. The minimum Gasteiger partial charge on any atom is -0.336 e. The molecule has 0 aliphatic carbocycles. The van der Waals surface area contributed by atoms with Gasteiger partial charge in [-0.25, -0.2) is 9.97 Å². The third-order valence-corrected chi connectivity index (χ3v) is 3.11. The molecule has 3 aromatic rings. The van der Waals surface area contributed by atoms with Crippen molar-refractivity contribution in [1.29, 1.82) is 0 Å². The summed E-state index contributed by atoms with van der Waals surface area (Å²) in [6.07, 6.45) is -0.586. The van der Waals surface area contributed by atoms with Gasteiger partial charge in [-0.05, 0) is 13.0 Å². The molecule has 1 unspecified atom stereocenters. The molecule has 0 N–H and O–H groups in total. The molecule has 0 amide bonds. The first-order valence-electron chi connectivity index (χ1n) is 6.28. The van der Waals surface area contributed by atoms with Crippen LogP contribution in [0.1, 0.15) is 24.6 Å². The standard InChI is InChI=1S/C12H8ClF3N6O/c1-6(22-3-2-8(20-22)12(14,15)16)11-19-10(21-23-11)9-17-4-7(13)5-18-9/h2-6H,1H3. The van der Waals surface area contributed by atoms with E-state index in [1.807, 2.05) is 0 Å². The van der Waals surface area contributed by atoms with E-state index in [2.05, 4.69) is 25.2 Å². The Balaban J connectivity index is 1.85. The first-order valence-corrected chi connectivity index (χ1v) is 6.66. The minimum absolute atomic E-state index is 0.0791. The lowest BCUT2D eigenvalue weighted by Gasteiger charge is -2.07. The van der Waals surface area contributed by atoms with Gasteiger partial charge in [0.2, 0.25) is 11.6 Å². The van der Waals surface area contributed by atoms with Gasteiger partial charge in [-0.1, -0.05) is 16.8 Å². The summed E-state index contributed by atoms with van der Waals surface area (Å²) in [5.41, 5.74) is -0.995. The summed E-state index contributed by atoms with van der Waals surface area (Å²) >= 11 is 5.68. The van der Waals surface area contributed by atoms with Crippen molar-refractivity contribution in [3.63, 3.8) is 0 Å². The van der Waals surface area contributed by atoms with E-state index in [4.69, 9.17) is 16.1 Å². The number of rotatable bonds is 3. The van der Waals surface area contributed by atoms with Gasteiger partial charge in [0.15, 0.2) is 5.69 Å². The predicted molar refractivity (Wildman–Crippen MR) is 71.4 cm³/mol. The Bertz CT molecular complexity index is 813. The van der Waals surface area contributed by atoms with Gasteiger partial charge in [-0.3, -0.25) is 4.68 Å². The molecule has 0 aromatic carbocycles. The van der Waals surface area contributed by atoms with E-state index in [0.29, 0.717) is 5.02 Å². The molecule has 120 valence electrons. The lowest BCUT2D eigenvalue weighted by Crippen LogP contribution is -2.11. The van der Waals surface area contributed by atoms with Crippen molar-refractivity contribution in [2.75, 3.05) is 0 Å². The average molecular weight is 345 g/mol. The van der Waals surface area contributed by atoms with Crippen LogP contribution >= 0.6 is 11.6 Å². The highest BCUT2D eigenvalue weighted by atomic mass is 35.5. The van der Waals surface area contributed by atoms with Gasteiger partial charge in [0.25, 0.3) is 5.89 Å². The van der Waals surface area contributed by atoms with E-state index in [0.717, 1.165) is 10.7 Å². The molecular formula is C12H8ClF3N6O. The van der Waals surface area contributed by atoms with Crippen LogP contribution in [0.2, 0.25) is 5.02 Å². The Morgan fingerprint density at radius 3 is 2.52 bits per heavy atom. The monoisotopic (exact) mass is 344 g/mol. The van der Waals surface area contributed by atoms with E-state index >= 15 is 0 Å². The predicted octanol–water partition coefficient (Wildman–Crippen LogP) is 3.00. The molecule has 0 aliphatic rings. The van der Waals surface area contributed by atoms with Crippen LogP contribution in [0.15, 0.2) is 29.2 Å². The zero-order chi connectivity index (χ0) is 16.6. The number of hydrogen-bond donors (Lipinski definition) is 0. The van der Waals surface area contributed by atoms with E-state index < -0.39 is 17.9 Å². The zero-order valence-electron chi connectivity index (χ0n) is 11.5. The van der Waals surface area contributed by atoms with Crippen LogP contribution in [0, 0.1) is 0 Å². The second-order valence-corrected chi connectivity index (χ2v) is 4.97. The maximum atomic E-state index is 12.6. The van der Waals surface area contributed by atoms with Crippen molar-refractivity contribution >= 4 is 11.6 Å². The summed E-state index contributed by atoms with van der Waals surface area (Å²) in [6.45, 7) is 1.58. The SMILES string of the molecule is CC(c1nc(-c2ncc(Cl)cn2)no1)n1ccc(C(F)(F)F)n1. The van der Waals surface area contributed by atoms with Gasteiger partial charge in [0.1, 0.15) is 6.04 Å². The molecule has 3 rings (SSSR count). The summed E-state index contributed by atoms with van der Waals surface area (Å²) in [4.78, 5) is 11.9. The molecule has 1 atom stereocenters. The second-order valence-electron chi connectivity index (χ2n) is 4.54. The average Bonchev–Trinajstić information content (AvgIpc) is 3.16. The third kappa shape index (κ3) is 3.16. The molecule has 0 saturated heterocycles. The number of nitrogens with zero attached hydrogens (tertiary/aromatic N) is 6. The Labute approximate surface area is 132 Å². The normalized spacial score (nSPS) is 13.3. The van der Waals surface area contributed by atoms with Crippen molar-refractivity contribution in [3.05, 3.63) is 41.3 Å². The summed E-state index contributed by atoms with van der Waals surface area (Å²) in [7, 11) is 0. The van der Waals surface area contributed by atoms with Gasteiger partial charge in [-0.15, -0.1) is 0 Å². The Hall–Kier alpha value is -2.49. The van der Waals surface area contributed by atoms with Crippen LogP contribution in [-0.4, -0.2) is 29.9 Å². The molecule has 0 aliphatic heterocycles. The van der Waals surface area contributed by atoms with E-state index in [1.165, 1.54) is 18.6 Å². The van der Waals surface area contributed by atoms with Gasteiger partial charge < -0.3 is 4.52 Å². The molecule has 11 heteroatoms. The van der Waals surface area contributed by atoms with Crippen molar-refractivity contribution < 1.29 is 17.7 Å². The highest BCUT2D eigenvalue weighted by Gasteiger charge is 2.34. The van der Waals surface area contributed by atoms with Crippen molar-refractivity contribution in [2.24, 2.45) is 0 Å². The minimum atomic E-state index is -4.51. The maximum Gasteiger partial charge on any atom is 0.435 e. The third-order valence-electron chi connectivity index (χ3n) is 2.92. The molecule has 3 heterocycles. The smallest absolute Gasteiger partial charge is 0.336 e. The fourth-order valence-electron chi connectivity index (χ4n) is 1.74. The van der Waals surface area contributed by atoms with Gasteiger partial charge in [-0.2, -0.15) is 23.3 Å². The molecule has 0 saturated carbocycles. The van der Waals surface area contributed by atoms with Crippen molar-refractivity contribution in [1.82, 2.24) is 29.9 Å². The topological polar surface area (TPSA) is 82.5 Å². The summed E-state index contributed by atoms with van der Waals surface area (Å²) in [5.74, 6) is 0.370. The Kier molecular flexibility index (Phi) is 3.76. The van der Waals surface area contributed by atoms with Crippen LogP contribution in [-0.2, 0) is 6.18 Å². The van der Waals surface area contributed by atoms with Crippen LogP contribution in [0.3, 0.4) is 0 Å². The largest absolute Gasteiger partial charge is 0.435 e. The summed E-state index contributed by atoms with van der Waals surface area (Å²) in [5, 5.41) is 7.52. The fourth-order valence-corrected chi connectivity index (χ4v) is 1.84. The Morgan fingerprint density at radius 1 is 1.22 bits per heavy atom. The molecule has 7 nitrogen and oxygen atoms in total. The second kappa shape index (κ2) is 5.61. The fraction of sp³-hybridized carbons (Fsp3) is 0.250. The molecular weight excluding hydrogens is 337 g/mol. The van der Waals surface area contributed by atoms with Crippen molar-refractivity contribution in [2.45, 2.75) is 19.1 Å². The van der Waals surface area contributed by atoms with Crippen LogP contribution in [0.25, 0.3) is 11.6 Å². The van der Waals surface area contributed by atoms with E-state index in [9.17, 15) is 13.2 Å². The lowest BCUT2D eigenvalue weighted by molar-refractivity contribution is -0.141. The first kappa shape index (κ1) is 15.4. The van der Waals surface area contributed by atoms with Gasteiger partial charge in [0, 0.05) is 18.6 Å². The van der Waals surface area contributed by atoms with Crippen molar-refractivity contribution in [3.8, 4) is 11.6 Å². The molecule has 0 bridgehead atoms. The van der Waals surface area contributed by atoms with E-state index in [-0.39, 0.29) is 17.5 Å². The number of halogens is 4. The molecule has 23 heavy (non-hydrogen) atoms. The van der Waals surface area contributed by atoms with E-state index in [1.54, 1.807) is 6.92 Å². The van der Waals surface area contributed by atoms with Gasteiger partial charge >= 0.3 is 6.18 Å². The Morgan fingerprint density at radius 2 is 1.91 bits per heavy atom. The highest BCUT2D eigenvalue weighted by Crippen LogP contribution is 2.28. The summed E-state index contributed by atoms with van der Waals surface area (Å²) in [6, 6.07) is 0.190. The molecule has 3 aromatic heterocycles. The summed E-state index contributed by atoms with van der Waals surface area (Å²) < 4.78 is 43.8. The number of alkyl halides is 3. The van der Waals surface area contributed by atoms with Crippen LogP contribution in [0.5, 0.6) is 0 Å². The number of aromatic nitrogens is 6. The van der Waals surface area contributed by atoms with Crippen LogP contribution < -0.4 is 0 Å². The molecule has 0 spiro atoms. The highest BCUT2D eigenvalue weighted by molar-refractivity contribution is 6.30. The zero-order valence-corrected chi connectivity index (χ0v) is 12.2. The molecule has 0 radical (unpaired) electrons. The van der Waals surface area contributed by atoms with Gasteiger partial charge in [0.05, 0.1) is 5.02 Å². The number of hydrogen-bond acceptors (Lipinski definition) is 6. The molecule has 0 fully saturated rings. The van der Waals surface area contributed by atoms with Crippen LogP contribution in [0.4, 0.5) is 13.2 Å². The maximum absolute atomic E-state index is 12.6.